The summed E-state index contributed by atoms with van der Waals surface area (Å²) in [6, 6.07) is 16.8. The molecule has 4 rings (SSSR count). The molecule has 3 heterocycles. The van der Waals surface area contributed by atoms with Gasteiger partial charge in [0, 0.05) is 24.8 Å². The third-order valence-electron chi connectivity index (χ3n) is 4.79. The van der Waals surface area contributed by atoms with Gasteiger partial charge in [-0.25, -0.2) is 4.98 Å². The lowest BCUT2D eigenvalue weighted by Crippen LogP contribution is -2.34. The molecule has 1 atom stereocenters. The van der Waals surface area contributed by atoms with E-state index in [1.807, 2.05) is 0 Å². The van der Waals surface area contributed by atoms with Crippen LogP contribution in [0.25, 0.3) is 16.9 Å². The van der Waals surface area contributed by atoms with Crippen molar-refractivity contribution < 1.29 is 0 Å². The van der Waals surface area contributed by atoms with Gasteiger partial charge in [-0.15, -0.1) is 0 Å². The first-order valence-electron chi connectivity index (χ1n) is 8.55. The largest absolute Gasteiger partial charge is 0.302 e. The van der Waals surface area contributed by atoms with E-state index >= 15 is 0 Å². The van der Waals surface area contributed by atoms with E-state index in [1.165, 1.54) is 37.2 Å². The normalized spacial score (nSPS) is 19.3. The molecule has 0 aliphatic carbocycles. The molecule has 0 N–H and O–H groups in total. The SMILES string of the molecule is CC1CCCN(Cc2c(-c3ccccc3)nc3ccccn23)C1. The van der Waals surface area contributed by atoms with Crippen molar-refractivity contribution in [3.63, 3.8) is 0 Å². The van der Waals surface area contributed by atoms with E-state index in [2.05, 4.69) is 71.0 Å². The molecular weight excluding hydrogens is 282 g/mol. The number of pyridine rings is 1. The zero-order valence-corrected chi connectivity index (χ0v) is 13.7. The Balaban J connectivity index is 1.77. The second-order valence-electron chi connectivity index (χ2n) is 6.68. The van der Waals surface area contributed by atoms with Crippen molar-refractivity contribution in [1.82, 2.24) is 14.3 Å². The molecule has 0 bridgehead atoms. The van der Waals surface area contributed by atoms with Crippen molar-refractivity contribution in [2.45, 2.75) is 26.3 Å². The number of hydrogen-bond donors (Lipinski definition) is 0. The molecule has 1 aliphatic rings. The van der Waals surface area contributed by atoms with Crippen molar-refractivity contribution in [2.24, 2.45) is 5.92 Å². The highest BCUT2D eigenvalue weighted by Crippen LogP contribution is 2.27. The fraction of sp³-hybridized carbons (Fsp3) is 0.350. The van der Waals surface area contributed by atoms with Crippen molar-refractivity contribution in [2.75, 3.05) is 13.1 Å². The standard InChI is InChI=1S/C20H23N3/c1-16-8-7-12-22(14-16)15-18-20(17-9-3-2-4-10-17)21-19-11-5-6-13-23(18)19/h2-6,9-11,13,16H,7-8,12,14-15H2,1H3. The average Bonchev–Trinajstić information content (AvgIpc) is 2.95. The molecule has 3 aromatic rings. The van der Waals surface area contributed by atoms with Gasteiger partial charge < -0.3 is 4.40 Å². The number of imidazole rings is 1. The smallest absolute Gasteiger partial charge is 0.137 e. The summed E-state index contributed by atoms with van der Waals surface area (Å²) in [4.78, 5) is 7.48. The Morgan fingerprint density at radius 2 is 1.91 bits per heavy atom. The lowest BCUT2D eigenvalue weighted by molar-refractivity contribution is 0.174. The van der Waals surface area contributed by atoms with Crippen LogP contribution in [0.3, 0.4) is 0 Å². The zero-order chi connectivity index (χ0) is 15.6. The van der Waals surface area contributed by atoms with Gasteiger partial charge in [0.2, 0.25) is 0 Å². The van der Waals surface area contributed by atoms with Crippen molar-refractivity contribution >= 4 is 5.65 Å². The Kier molecular flexibility index (Phi) is 3.88. The second kappa shape index (κ2) is 6.17. The summed E-state index contributed by atoms with van der Waals surface area (Å²) in [5, 5.41) is 0. The Morgan fingerprint density at radius 1 is 1.09 bits per heavy atom. The highest BCUT2D eigenvalue weighted by Gasteiger charge is 2.20. The fourth-order valence-electron chi connectivity index (χ4n) is 3.67. The predicted molar refractivity (Wildman–Crippen MR) is 94.3 cm³/mol. The molecule has 0 radical (unpaired) electrons. The maximum atomic E-state index is 4.90. The summed E-state index contributed by atoms with van der Waals surface area (Å²) in [5.74, 6) is 0.795. The molecule has 3 heteroatoms. The highest BCUT2D eigenvalue weighted by atomic mass is 15.2. The molecule has 118 valence electrons. The van der Waals surface area contributed by atoms with Crippen LogP contribution in [0.4, 0.5) is 0 Å². The second-order valence-corrected chi connectivity index (χ2v) is 6.68. The van der Waals surface area contributed by atoms with E-state index in [9.17, 15) is 0 Å². The summed E-state index contributed by atoms with van der Waals surface area (Å²) in [6.45, 7) is 5.71. The van der Waals surface area contributed by atoms with Gasteiger partial charge in [0.05, 0.1) is 11.4 Å². The van der Waals surface area contributed by atoms with E-state index < -0.39 is 0 Å². The molecule has 1 fully saturated rings. The molecule has 1 aromatic carbocycles. The van der Waals surface area contributed by atoms with Crippen LogP contribution >= 0.6 is 0 Å². The molecule has 23 heavy (non-hydrogen) atoms. The van der Waals surface area contributed by atoms with Crippen LogP contribution in [0.2, 0.25) is 0 Å². The maximum absolute atomic E-state index is 4.90. The minimum absolute atomic E-state index is 0.795. The minimum atomic E-state index is 0.795. The van der Waals surface area contributed by atoms with E-state index in [0.717, 1.165) is 23.8 Å². The number of hydrogen-bond acceptors (Lipinski definition) is 2. The van der Waals surface area contributed by atoms with Crippen molar-refractivity contribution in [3.05, 3.63) is 60.4 Å². The van der Waals surface area contributed by atoms with Gasteiger partial charge in [0.25, 0.3) is 0 Å². The third kappa shape index (κ3) is 2.89. The molecule has 0 amide bonds. The van der Waals surface area contributed by atoms with E-state index in [-0.39, 0.29) is 0 Å². The van der Waals surface area contributed by atoms with Gasteiger partial charge in [-0.1, -0.05) is 43.3 Å². The molecule has 3 nitrogen and oxygen atoms in total. The lowest BCUT2D eigenvalue weighted by atomic mass is 10.00. The summed E-state index contributed by atoms with van der Waals surface area (Å²) < 4.78 is 2.25. The Bertz CT molecular complexity index is 791. The number of fused-ring (bicyclic) bond motifs is 1. The monoisotopic (exact) mass is 305 g/mol. The summed E-state index contributed by atoms with van der Waals surface area (Å²) in [6.07, 6.45) is 4.80. The number of aromatic nitrogens is 2. The minimum Gasteiger partial charge on any atom is -0.302 e. The molecule has 1 aliphatic heterocycles. The van der Waals surface area contributed by atoms with Crippen LogP contribution in [0.5, 0.6) is 0 Å². The topological polar surface area (TPSA) is 20.5 Å². The van der Waals surface area contributed by atoms with Gasteiger partial charge in [-0.2, -0.15) is 0 Å². The molecule has 0 spiro atoms. The lowest BCUT2D eigenvalue weighted by Gasteiger charge is -2.30. The molecule has 1 unspecified atom stereocenters. The van der Waals surface area contributed by atoms with E-state index in [0.29, 0.717) is 0 Å². The van der Waals surface area contributed by atoms with Crippen LogP contribution in [-0.4, -0.2) is 27.4 Å². The third-order valence-corrected chi connectivity index (χ3v) is 4.79. The fourth-order valence-corrected chi connectivity index (χ4v) is 3.67. The summed E-state index contributed by atoms with van der Waals surface area (Å²) in [5.41, 5.74) is 4.67. The van der Waals surface area contributed by atoms with Crippen molar-refractivity contribution in [3.8, 4) is 11.3 Å². The van der Waals surface area contributed by atoms with Gasteiger partial charge in [-0.05, 0) is 37.4 Å². The van der Waals surface area contributed by atoms with Crippen LogP contribution in [0, 0.1) is 5.92 Å². The quantitative estimate of drug-likeness (QED) is 0.721. The highest BCUT2D eigenvalue weighted by molar-refractivity contribution is 5.66. The molecular formula is C20H23N3. The zero-order valence-electron chi connectivity index (χ0n) is 13.7. The molecule has 2 aromatic heterocycles. The van der Waals surface area contributed by atoms with Crippen molar-refractivity contribution in [1.29, 1.82) is 0 Å². The summed E-state index contributed by atoms with van der Waals surface area (Å²) in [7, 11) is 0. The van der Waals surface area contributed by atoms with Gasteiger partial charge in [0.15, 0.2) is 0 Å². The van der Waals surface area contributed by atoms with Crippen LogP contribution in [0.15, 0.2) is 54.7 Å². The van der Waals surface area contributed by atoms with Crippen LogP contribution in [-0.2, 0) is 6.54 Å². The number of benzene rings is 1. The van der Waals surface area contributed by atoms with Gasteiger partial charge in [-0.3, -0.25) is 4.90 Å². The number of likely N-dealkylation sites (tertiary alicyclic amines) is 1. The molecule has 0 saturated carbocycles. The predicted octanol–water partition coefficient (Wildman–Crippen LogP) is 4.23. The average molecular weight is 305 g/mol. The first-order valence-corrected chi connectivity index (χ1v) is 8.55. The first kappa shape index (κ1) is 14.5. The maximum Gasteiger partial charge on any atom is 0.137 e. The Labute approximate surface area is 137 Å². The molecule has 1 saturated heterocycles. The first-order chi connectivity index (χ1) is 11.3. The number of nitrogens with zero attached hydrogens (tertiary/aromatic N) is 3. The Hall–Kier alpha value is -2.13. The van der Waals surface area contributed by atoms with E-state index in [4.69, 9.17) is 4.98 Å². The van der Waals surface area contributed by atoms with Crippen LogP contribution in [0.1, 0.15) is 25.5 Å². The number of piperidine rings is 1. The Morgan fingerprint density at radius 3 is 2.74 bits per heavy atom. The van der Waals surface area contributed by atoms with Gasteiger partial charge in [0.1, 0.15) is 5.65 Å². The number of rotatable bonds is 3. The van der Waals surface area contributed by atoms with Gasteiger partial charge >= 0.3 is 0 Å². The van der Waals surface area contributed by atoms with Crippen LogP contribution < -0.4 is 0 Å². The van der Waals surface area contributed by atoms with E-state index in [1.54, 1.807) is 0 Å². The summed E-state index contributed by atoms with van der Waals surface area (Å²) >= 11 is 0.